The number of anilines is 1. The summed E-state index contributed by atoms with van der Waals surface area (Å²) in [7, 11) is -3.23. The van der Waals surface area contributed by atoms with Gasteiger partial charge < -0.3 is 9.84 Å². The lowest BCUT2D eigenvalue weighted by molar-refractivity contribution is -0.385. The zero-order chi connectivity index (χ0) is 29.0. The molecule has 1 amide bonds. The van der Waals surface area contributed by atoms with Crippen LogP contribution in [0.2, 0.25) is 5.02 Å². The quantitative estimate of drug-likeness (QED) is 0.164. The number of carbonyl (C=O) groups is 1. The molecular formula is C27H23ClN4O7S. The molecule has 0 atom stereocenters. The number of nitrogens with one attached hydrogen (secondary N) is 1. The zero-order valence-corrected chi connectivity index (χ0v) is 22.8. The maximum Gasteiger partial charge on any atom is 0.273 e. The number of rotatable bonds is 9. The largest absolute Gasteiger partial charge is 0.507 e. The van der Waals surface area contributed by atoms with E-state index in [2.05, 4.69) is 10.5 Å². The highest BCUT2D eigenvalue weighted by Crippen LogP contribution is 2.35. The molecule has 0 fully saturated rings. The summed E-state index contributed by atoms with van der Waals surface area (Å²) in [5, 5.41) is 27.4. The van der Waals surface area contributed by atoms with E-state index in [0.29, 0.717) is 10.9 Å². The number of halogens is 1. The van der Waals surface area contributed by atoms with Gasteiger partial charge in [0.1, 0.15) is 18.0 Å². The normalized spacial score (nSPS) is 11.5. The number of hydrogen-bond donors (Lipinski definition) is 2. The number of hydrogen-bond acceptors (Lipinski definition) is 8. The van der Waals surface area contributed by atoms with E-state index in [4.69, 9.17) is 16.3 Å². The van der Waals surface area contributed by atoms with Gasteiger partial charge in [0.2, 0.25) is 0 Å². The number of fused-ring (bicyclic) bond motifs is 1. The number of carbonyl (C=O) groups excluding carboxylic acids is 1. The number of benzene rings is 4. The summed E-state index contributed by atoms with van der Waals surface area (Å²) >= 11 is 6.14. The molecule has 2 N–H and O–H groups in total. The molecule has 0 saturated heterocycles. The highest BCUT2D eigenvalue weighted by atomic mass is 35.5. The Bertz CT molecular complexity index is 1760. The number of sulfonamides is 1. The second kappa shape index (κ2) is 11.6. The minimum absolute atomic E-state index is 0.0643. The van der Waals surface area contributed by atoms with E-state index in [1.807, 2.05) is 12.1 Å². The minimum atomic E-state index is -4.55. The van der Waals surface area contributed by atoms with Crippen LogP contribution in [0.25, 0.3) is 10.8 Å². The zero-order valence-electron chi connectivity index (χ0n) is 21.2. The topological polar surface area (TPSA) is 151 Å². The average Bonchev–Trinajstić information content (AvgIpc) is 2.92. The third kappa shape index (κ3) is 5.82. The van der Waals surface area contributed by atoms with Crippen LogP contribution >= 0.6 is 11.6 Å². The number of phenolic OH excluding ortho intramolecular Hbond substituents is 1. The molecule has 0 heterocycles. The van der Waals surface area contributed by atoms with Gasteiger partial charge in [0.25, 0.3) is 21.6 Å². The summed E-state index contributed by atoms with van der Waals surface area (Å²) in [5.41, 5.74) is 2.42. The van der Waals surface area contributed by atoms with Crippen LogP contribution in [-0.4, -0.2) is 44.2 Å². The van der Waals surface area contributed by atoms with Gasteiger partial charge >= 0.3 is 0 Å². The number of phenols is 1. The predicted molar refractivity (Wildman–Crippen MR) is 152 cm³/mol. The van der Waals surface area contributed by atoms with Gasteiger partial charge in [-0.2, -0.15) is 5.10 Å². The van der Waals surface area contributed by atoms with Gasteiger partial charge in [-0.25, -0.2) is 13.8 Å². The molecule has 11 nitrogen and oxygen atoms in total. The second-order valence-electron chi connectivity index (χ2n) is 8.55. The molecule has 0 unspecified atom stereocenters. The molecule has 4 rings (SSSR count). The van der Waals surface area contributed by atoms with Crippen molar-refractivity contribution in [1.82, 2.24) is 5.43 Å². The first-order valence-corrected chi connectivity index (χ1v) is 13.5. The van der Waals surface area contributed by atoms with E-state index >= 15 is 0 Å². The lowest BCUT2D eigenvalue weighted by Gasteiger charge is -2.25. The summed E-state index contributed by atoms with van der Waals surface area (Å²) in [6.07, 6.45) is 1.25. The number of ether oxygens (including phenoxy) is 1. The minimum Gasteiger partial charge on any atom is -0.507 e. The molecule has 0 bridgehead atoms. The van der Waals surface area contributed by atoms with Gasteiger partial charge in [0.15, 0.2) is 0 Å². The van der Waals surface area contributed by atoms with Crippen LogP contribution in [-0.2, 0) is 14.8 Å². The van der Waals surface area contributed by atoms with Gasteiger partial charge in [-0.15, -0.1) is 0 Å². The van der Waals surface area contributed by atoms with Crippen LogP contribution in [0.5, 0.6) is 11.5 Å². The average molecular weight is 583 g/mol. The Morgan fingerprint density at radius 1 is 1.15 bits per heavy atom. The number of nitrogens with zero attached hydrogens (tertiary/aromatic N) is 3. The molecule has 13 heteroatoms. The van der Waals surface area contributed by atoms with E-state index in [1.54, 1.807) is 18.2 Å². The number of nitro benzene ring substituents is 1. The Kier molecular flexibility index (Phi) is 8.21. The molecule has 0 aliphatic carbocycles. The fourth-order valence-corrected chi connectivity index (χ4v) is 5.60. The lowest BCUT2D eigenvalue weighted by atomic mass is 10.0. The maximum atomic E-state index is 13.8. The van der Waals surface area contributed by atoms with Crippen molar-refractivity contribution in [3.8, 4) is 11.5 Å². The molecule has 0 aromatic heterocycles. The first kappa shape index (κ1) is 28.3. The van der Waals surface area contributed by atoms with Crippen molar-refractivity contribution in [1.29, 1.82) is 0 Å². The second-order valence-corrected chi connectivity index (χ2v) is 10.8. The molecule has 0 aliphatic heterocycles. The first-order valence-electron chi connectivity index (χ1n) is 11.7. The number of amides is 1. The highest BCUT2D eigenvalue weighted by molar-refractivity contribution is 7.92. The summed E-state index contributed by atoms with van der Waals surface area (Å²) in [4.78, 5) is 23.3. The Labute approximate surface area is 234 Å². The summed E-state index contributed by atoms with van der Waals surface area (Å²) in [6.45, 7) is 0.699. The van der Waals surface area contributed by atoms with Crippen LogP contribution in [0.15, 0.2) is 82.8 Å². The Hall–Kier alpha value is -4.68. The third-order valence-corrected chi connectivity index (χ3v) is 7.98. The van der Waals surface area contributed by atoms with Crippen molar-refractivity contribution >= 4 is 55.9 Å². The highest BCUT2D eigenvalue weighted by Gasteiger charge is 2.31. The van der Waals surface area contributed by atoms with E-state index < -0.39 is 38.0 Å². The molecular weight excluding hydrogens is 560 g/mol. The van der Waals surface area contributed by atoms with Gasteiger partial charge in [-0.3, -0.25) is 19.2 Å². The lowest BCUT2D eigenvalue weighted by Crippen LogP contribution is -2.39. The Morgan fingerprint density at radius 3 is 2.62 bits per heavy atom. The Balaban J connectivity index is 1.70. The van der Waals surface area contributed by atoms with Crippen molar-refractivity contribution in [2.45, 2.75) is 11.8 Å². The van der Waals surface area contributed by atoms with E-state index in [1.165, 1.54) is 56.6 Å². The van der Waals surface area contributed by atoms with Crippen LogP contribution in [0.4, 0.5) is 11.4 Å². The molecule has 4 aromatic carbocycles. The van der Waals surface area contributed by atoms with E-state index in [0.717, 1.165) is 15.8 Å². The predicted octanol–water partition coefficient (Wildman–Crippen LogP) is 4.77. The number of nitro groups is 1. The first-order chi connectivity index (χ1) is 19.0. The number of aryl methyl sites for hydroxylation is 1. The van der Waals surface area contributed by atoms with Crippen molar-refractivity contribution in [2.24, 2.45) is 5.10 Å². The molecule has 40 heavy (non-hydrogen) atoms. The van der Waals surface area contributed by atoms with Crippen molar-refractivity contribution in [3.05, 3.63) is 99.1 Å². The van der Waals surface area contributed by atoms with Gasteiger partial charge in [0.05, 0.1) is 28.8 Å². The Morgan fingerprint density at radius 2 is 1.90 bits per heavy atom. The fourth-order valence-electron chi connectivity index (χ4n) is 3.99. The summed E-state index contributed by atoms with van der Waals surface area (Å²) in [5.74, 6) is -0.819. The van der Waals surface area contributed by atoms with Crippen LogP contribution in [0.1, 0.15) is 11.1 Å². The van der Waals surface area contributed by atoms with Crippen molar-refractivity contribution in [3.63, 3.8) is 0 Å². The fraction of sp³-hybridized carbons (Fsp3) is 0.111. The van der Waals surface area contributed by atoms with Crippen molar-refractivity contribution in [2.75, 3.05) is 18.0 Å². The van der Waals surface area contributed by atoms with Crippen LogP contribution in [0, 0.1) is 17.0 Å². The van der Waals surface area contributed by atoms with E-state index in [9.17, 15) is 28.4 Å². The van der Waals surface area contributed by atoms with Crippen molar-refractivity contribution < 1.29 is 28.0 Å². The summed E-state index contributed by atoms with van der Waals surface area (Å²) < 4.78 is 33.6. The number of methoxy groups -OCH3 is 1. The van der Waals surface area contributed by atoms with E-state index in [-0.39, 0.29) is 27.8 Å². The summed E-state index contributed by atoms with van der Waals surface area (Å²) in [6, 6.07) is 18.1. The molecule has 206 valence electrons. The number of aromatic hydroxyl groups is 1. The van der Waals surface area contributed by atoms with Gasteiger partial charge in [0, 0.05) is 22.2 Å². The molecule has 0 saturated carbocycles. The molecule has 4 aromatic rings. The molecule has 0 aliphatic rings. The molecule has 0 radical (unpaired) electrons. The standard InChI is InChI=1S/C27H23ClN4O7S/c1-17-7-10-20(14-23(17)32(35)36)40(37,38)31(24-13-19(28)9-12-26(24)39-2)16-27(34)30-29-15-22-21-6-4-3-5-18(21)8-11-25(22)33/h3-15,33H,16H2,1-2H3,(H,30,34)/b29-15-. The van der Waals surface area contributed by atoms with Crippen LogP contribution in [0.3, 0.4) is 0 Å². The monoisotopic (exact) mass is 582 g/mol. The van der Waals surface area contributed by atoms with Gasteiger partial charge in [-0.1, -0.05) is 48.0 Å². The SMILES string of the molecule is COc1ccc(Cl)cc1N(CC(=O)N/N=C\c1c(O)ccc2ccccc12)S(=O)(=O)c1ccc(C)c([N+](=O)[O-])c1. The van der Waals surface area contributed by atoms with Gasteiger partial charge in [-0.05, 0) is 48.0 Å². The third-order valence-electron chi connectivity index (χ3n) is 5.99. The molecule has 0 spiro atoms. The number of hydrazone groups is 1. The van der Waals surface area contributed by atoms with Crippen LogP contribution < -0.4 is 14.5 Å². The maximum absolute atomic E-state index is 13.8. The smallest absolute Gasteiger partial charge is 0.273 e.